The Bertz CT molecular complexity index is 737. The van der Waals surface area contributed by atoms with E-state index >= 15 is 0 Å². The number of nitrogens with one attached hydrogen (secondary N) is 2. The molecular weight excluding hydrogens is 348 g/mol. The van der Waals surface area contributed by atoms with Crippen molar-refractivity contribution in [3.63, 3.8) is 0 Å². The number of esters is 1. The van der Waals surface area contributed by atoms with Gasteiger partial charge >= 0.3 is 5.97 Å². The van der Waals surface area contributed by atoms with Gasteiger partial charge in [-0.1, -0.05) is 6.07 Å². The van der Waals surface area contributed by atoms with Gasteiger partial charge < -0.3 is 15.4 Å². The summed E-state index contributed by atoms with van der Waals surface area (Å²) >= 11 is 2.73. The first-order valence-corrected chi connectivity index (χ1v) is 9.11. The molecule has 2 rings (SSSR count). The molecule has 1 unspecified atom stereocenters. The first-order valence-electron chi connectivity index (χ1n) is 7.35. The summed E-state index contributed by atoms with van der Waals surface area (Å²) < 4.78 is 5.28. The highest BCUT2D eigenvalue weighted by Gasteiger charge is 2.26. The Morgan fingerprint density at radius 3 is 2.62 bits per heavy atom. The molecule has 2 N–H and O–H groups in total. The summed E-state index contributed by atoms with van der Waals surface area (Å²) in [5.74, 6) is -1.28. The van der Waals surface area contributed by atoms with Crippen LogP contribution in [0.25, 0.3) is 10.4 Å². The lowest BCUT2D eigenvalue weighted by Crippen LogP contribution is -2.35. The van der Waals surface area contributed by atoms with Gasteiger partial charge in [-0.15, -0.1) is 22.7 Å². The second kappa shape index (κ2) is 8.07. The molecule has 2 heterocycles. The predicted octanol–water partition coefficient (Wildman–Crippen LogP) is 3.12. The molecule has 0 bridgehead atoms. The molecule has 0 spiro atoms. The Morgan fingerprint density at radius 2 is 2.04 bits per heavy atom. The predicted molar refractivity (Wildman–Crippen MR) is 95.5 cm³/mol. The van der Waals surface area contributed by atoms with Crippen molar-refractivity contribution in [2.75, 3.05) is 11.9 Å². The molecule has 128 valence electrons. The van der Waals surface area contributed by atoms with Crippen molar-refractivity contribution >= 4 is 45.5 Å². The van der Waals surface area contributed by atoms with Gasteiger partial charge in [-0.25, -0.2) is 4.79 Å². The number of thiophene rings is 2. The number of carbonyl (C=O) groups is 3. The van der Waals surface area contributed by atoms with Gasteiger partial charge in [0.05, 0.1) is 0 Å². The maximum Gasteiger partial charge on any atom is 0.342 e. The molecule has 0 fully saturated rings. The smallest absolute Gasteiger partial charge is 0.342 e. The summed E-state index contributed by atoms with van der Waals surface area (Å²) in [6.45, 7) is 5.13. The third kappa shape index (κ3) is 4.21. The van der Waals surface area contributed by atoms with Gasteiger partial charge in [0, 0.05) is 29.3 Å². The number of amides is 2. The molecule has 2 amide bonds. The molecule has 0 aliphatic rings. The van der Waals surface area contributed by atoms with Crippen molar-refractivity contribution in [3.8, 4) is 10.4 Å². The summed E-state index contributed by atoms with van der Waals surface area (Å²) in [5, 5.41) is 9.36. The highest BCUT2D eigenvalue weighted by Crippen LogP contribution is 2.38. The second-order valence-electron chi connectivity index (χ2n) is 4.95. The van der Waals surface area contributed by atoms with E-state index in [9.17, 15) is 14.4 Å². The van der Waals surface area contributed by atoms with Crippen LogP contribution in [0.1, 0.15) is 31.1 Å². The fourth-order valence-electron chi connectivity index (χ4n) is 2.02. The van der Waals surface area contributed by atoms with Crippen LogP contribution < -0.4 is 10.6 Å². The Kier molecular flexibility index (Phi) is 6.10. The quantitative estimate of drug-likeness (QED) is 0.769. The number of rotatable bonds is 6. The molecule has 0 saturated heterocycles. The summed E-state index contributed by atoms with van der Waals surface area (Å²) in [6, 6.07) is 3.76. The monoisotopic (exact) mass is 366 g/mol. The van der Waals surface area contributed by atoms with Gasteiger partial charge in [0.15, 0.2) is 6.10 Å². The van der Waals surface area contributed by atoms with E-state index in [0.29, 0.717) is 17.1 Å². The minimum absolute atomic E-state index is 0.272. The van der Waals surface area contributed by atoms with Crippen LogP contribution in [0.4, 0.5) is 5.00 Å². The second-order valence-corrected chi connectivity index (χ2v) is 6.78. The fourth-order valence-corrected chi connectivity index (χ4v) is 3.83. The third-order valence-corrected chi connectivity index (χ3v) is 4.87. The minimum Gasteiger partial charge on any atom is -0.449 e. The number of likely N-dealkylation sites (N-methyl/N-ethyl adjacent to an activating group) is 1. The van der Waals surface area contributed by atoms with Gasteiger partial charge in [0.25, 0.3) is 5.91 Å². The van der Waals surface area contributed by atoms with Crippen molar-refractivity contribution in [2.45, 2.75) is 26.9 Å². The molecule has 24 heavy (non-hydrogen) atoms. The van der Waals surface area contributed by atoms with Crippen LogP contribution in [-0.4, -0.2) is 30.4 Å². The van der Waals surface area contributed by atoms with Crippen LogP contribution in [0.2, 0.25) is 0 Å². The van der Waals surface area contributed by atoms with E-state index in [1.54, 1.807) is 12.3 Å². The number of ether oxygens (including phenoxy) is 1. The lowest BCUT2D eigenvalue weighted by Gasteiger charge is -2.14. The van der Waals surface area contributed by atoms with Gasteiger partial charge in [0.1, 0.15) is 10.6 Å². The van der Waals surface area contributed by atoms with E-state index in [-0.39, 0.29) is 17.4 Å². The molecule has 2 aromatic heterocycles. The fraction of sp³-hybridized carbons (Fsp3) is 0.312. The van der Waals surface area contributed by atoms with Crippen LogP contribution in [0.15, 0.2) is 22.9 Å². The Hall–Kier alpha value is -2.19. The lowest BCUT2D eigenvalue weighted by molar-refractivity contribution is -0.129. The molecule has 8 heteroatoms. The van der Waals surface area contributed by atoms with Gasteiger partial charge in [-0.3, -0.25) is 9.59 Å². The van der Waals surface area contributed by atoms with E-state index in [0.717, 1.165) is 4.88 Å². The van der Waals surface area contributed by atoms with Gasteiger partial charge in [0.2, 0.25) is 5.91 Å². The SMILES string of the molecule is CCNC(=O)C(C)OC(=O)c1c(-c2cccs2)csc1NC(C)=O. The van der Waals surface area contributed by atoms with Gasteiger partial charge in [-0.05, 0) is 25.3 Å². The average Bonchev–Trinajstić information content (AvgIpc) is 3.15. The standard InChI is InChI=1S/C16H18N2O4S2/c1-4-17-14(20)9(2)22-16(21)13-11(12-6-5-7-23-12)8-24-15(13)18-10(3)19/h5-9H,4H2,1-3H3,(H,17,20)(H,18,19). The van der Waals surface area contributed by atoms with Crippen LogP contribution >= 0.6 is 22.7 Å². The van der Waals surface area contributed by atoms with Crippen LogP contribution in [0.5, 0.6) is 0 Å². The minimum atomic E-state index is -0.918. The Morgan fingerprint density at radius 1 is 1.29 bits per heavy atom. The molecule has 1 atom stereocenters. The maximum absolute atomic E-state index is 12.6. The first-order chi connectivity index (χ1) is 11.4. The molecule has 0 aliphatic carbocycles. The number of hydrogen-bond donors (Lipinski definition) is 2. The van der Waals surface area contributed by atoms with E-state index in [4.69, 9.17) is 4.74 Å². The third-order valence-electron chi connectivity index (χ3n) is 3.08. The summed E-state index contributed by atoms with van der Waals surface area (Å²) in [6.07, 6.45) is -0.918. The van der Waals surface area contributed by atoms with Crippen molar-refractivity contribution in [2.24, 2.45) is 0 Å². The van der Waals surface area contributed by atoms with E-state index in [1.165, 1.54) is 36.5 Å². The average molecular weight is 366 g/mol. The largest absolute Gasteiger partial charge is 0.449 e. The summed E-state index contributed by atoms with van der Waals surface area (Å²) in [7, 11) is 0. The van der Waals surface area contributed by atoms with E-state index in [1.807, 2.05) is 17.5 Å². The lowest BCUT2D eigenvalue weighted by atomic mass is 10.1. The normalized spacial score (nSPS) is 11.6. The highest BCUT2D eigenvalue weighted by atomic mass is 32.1. The molecule has 0 aliphatic heterocycles. The van der Waals surface area contributed by atoms with E-state index < -0.39 is 12.1 Å². The summed E-state index contributed by atoms with van der Waals surface area (Å²) in [4.78, 5) is 36.6. The van der Waals surface area contributed by atoms with Crippen molar-refractivity contribution in [1.29, 1.82) is 0 Å². The zero-order valence-corrected chi connectivity index (χ0v) is 15.2. The molecule has 6 nitrogen and oxygen atoms in total. The zero-order valence-electron chi connectivity index (χ0n) is 13.5. The Labute approximate surface area is 147 Å². The number of carbonyl (C=O) groups excluding carboxylic acids is 3. The number of anilines is 1. The van der Waals surface area contributed by atoms with Crippen molar-refractivity contribution in [1.82, 2.24) is 5.32 Å². The van der Waals surface area contributed by atoms with Crippen LogP contribution in [-0.2, 0) is 14.3 Å². The van der Waals surface area contributed by atoms with Crippen LogP contribution in [0, 0.1) is 0 Å². The van der Waals surface area contributed by atoms with Crippen molar-refractivity contribution in [3.05, 3.63) is 28.5 Å². The molecule has 2 aromatic rings. The zero-order chi connectivity index (χ0) is 17.7. The maximum atomic E-state index is 12.6. The number of hydrogen-bond acceptors (Lipinski definition) is 6. The highest BCUT2D eigenvalue weighted by molar-refractivity contribution is 7.17. The molecule has 0 aromatic carbocycles. The van der Waals surface area contributed by atoms with Crippen LogP contribution in [0.3, 0.4) is 0 Å². The van der Waals surface area contributed by atoms with E-state index in [2.05, 4.69) is 10.6 Å². The van der Waals surface area contributed by atoms with Crippen molar-refractivity contribution < 1.29 is 19.1 Å². The topological polar surface area (TPSA) is 84.5 Å². The summed E-state index contributed by atoms with van der Waals surface area (Å²) in [5.41, 5.74) is 0.959. The molecular formula is C16H18N2O4S2. The molecule has 0 saturated carbocycles. The Balaban J connectivity index is 2.32. The van der Waals surface area contributed by atoms with Gasteiger partial charge in [-0.2, -0.15) is 0 Å². The molecule has 0 radical (unpaired) electrons. The first kappa shape index (κ1) is 18.2.